The van der Waals surface area contributed by atoms with Crippen molar-refractivity contribution in [2.24, 2.45) is 0 Å². The lowest BCUT2D eigenvalue weighted by molar-refractivity contribution is -0.0430. The highest BCUT2D eigenvalue weighted by Gasteiger charge is 2.44. The molecule has 198 valence electrons. The predicted molar refractivity (Wildman–Crippen MR) is 130 cm³/mol. The molecule has 0 bridgehead atoms. The molecule has 11 nitrogen and oxygen atoms in total. The first-order chi connectivity index (χ1) is 17.4. The zero-order valence-corrected chi connectivity index (χ0v) is 21.2. The topological polar surface area (TPSA) is 139 Å². The number of hydrogen-bond donors (Lipinski definition) is 3. The van der Waals surface area contributed by atoms with E-state index in [1.807, 2.05) is 0 Å². The molecule has 14 heteroatoms. The van der Waals surface area contributed by atoms with Crippen molar-refractivity contribution < 1.29 is 38.1 Å². The zero-order chi connectivity index (χ0) is 27.3. The van der Waals surface area contributed by atoms with Crippen LogP contribution in [0.4, 0.5) is 9.18 Å². The lowest BCUT2D eigenvalue weighted by Crippen LogP contribution is -2.49. The molecule has 1 unspecified atom stereocenters. The first kappa shape index (κ1) is 28.0. The van der Waals surface area contributed by atoms with Crippen LogP contribution in [0.5, 0.6) is 11.6 Å². The molecule has 1 aromatic heterocycles. The van der Waals surface area contributed by atoms with Crippen molar-refractivity contribution in [3.8, 4) is 11.6 Å². The molecule has 1 saturated heterocycles. The molecular formula is C23H23Cl2FN4O7. The largest absolute Gasteiger partial charge is 0.488 e. The molecule has 37 heavy (non-hydrogen) atoms. The summed E-state index contributed by atoms with van der Waals surface area (Å²) in [6.45, 7) is 6.66. The van der Waals surface area contributed by atoms with Gasteiger partial charge < -0.3 is 19.3 Å². The van der Waals surface area contributed by atoms with Crippen LogP contribution in [0.1, 0.15) is 34.6 Å². The molecule has 0 aliphatic carbocycles. The van der Waals surface area contributed by atoms with Crippen molar-refractivity contribution in [3.05, 3.63) is 64.0 Å². The maximum Gasteiger partial charge on any atom is 0.410 e. The molecule has 2 heterocycles. The summed E-state index contributed by atoms with van der Waals surface area (Å²) in [4.78, 5) is 41.5. The molecule has 3 rings (SSSR count). The van der Waals surface area contributed by atoms with Crippen molar-refractivity contribution in [3.63, 3.8) is 0 Å². The number of benzene rings is 1. The molecule has 1 atom stereocenters. The van der Waals surface area contributed by atoms with Crippen molar-refractivity contribution in [2.45, 2.75) is 25.6 Å². The minimum absolute atomic E-state index is 0.0158. The number of rotatable bonds is 8. The minimum Gasteiger partial charge on any atom is -0.488 e. The summed E-state index contributed by atoms with van der Waals surface area (Å²) in [7, 11) is 0. The molecule has 3 N–H and O–H groups in total. The average molecular weight is 557 g/mol. The van der Waals surface area contributed by atoms with Gasteiger partial charge in [0.1, 0.15) is 24.1 Å². The summed E-state index contributed by atoms with van der Waals surface area (Å²) < 4.78 is 30.8. The second kappa shape index (κ2) is 11.6. The Kier molecular flexibility index (Phi) is 8.79. The average Bonchev–Trinajstić information content (AvgIpc) is 3.14. The van der Waals surface area contributed by atoms with Gasteiger partial charge in [-0.3, -0.25) is 25.3 Å². The van der Waals surface area contributed by atoms with Crippen molar-refractivity contribution in [2.75, 3.05) is 19.8 Å². The Balaban J connectivity index is 1.64. The van der Waals surface area contributed by atoms with E-state index in [1.165, 1.54) is 18.2 Å². The molecule has 1 aliphatic rings. The smallest absolute Gasteiger partial charge is 0.410 e. The van der Waals surface area contributed by atoms with Gasteiger partial charge in [-0.1, -0.05) is 35.9 Å². The van der Waals surface area contributed by atoms with Crippen LogP contribution in [-0.2, 0) is 4.74 Å². The second-order valence-corrected chi connectivity index (χ2v) is 8.96. The number of carbonyl (C=O) groups is 3. The Morgan fingerprint density at radius 2 is 1.95 bits per heavy atom. The first-order valence-electron chi connectivity index (χ1n) is 10.7. The van der Waals surface area contributed by atoms with Crippen LogP contribution >= 0.6 is 23.2 Å². The summed E-state index contributed by atoms with van der Waals surface area (Å²) in [5, 5.41) is 9.25. The van der Waals surface area contributed by atoms with Crippen LogP contribution in [0, 0.1) is 5.82 Å². The van der Waals surface area contributed by atoms with E-state index >= 15 is 0 Å². The lowest BCUT2D eigenvalue weighted by atomic mass is 10.2. The number of carboxylic acid groups (broad SMARTS) is 1. The van der Waals surface area contributed by atoms with Gasteiger partial charge in [0, 0.05) is 17.7 Å². The molecule has 3 amide bonds. The summed E-state index contributed by atoms with van der Waals surface area (Å²) in [5.74, 6) is -2.80. The van der Waals surface area contributed by atoms with Gasteiger partial charge in [0.25, 0.3) is 11.8 Å². The molecule has 0 radical (unpaired) electrons. The van der Waals surface area contributed by atoms with Crippen molar-refractivity contribution in [1.82, 2.24) is 20.7 Å². The third-order valence-corrected chi connectivity index (χ3v) is 5.66. The third kappa shape index (κ3) is 6.79. The molecule has 2 aromatic rings. The van der Waals surface area contributed by atoms with Gasteiger partial charge in [-0.2, -0.15) is 0 Å². The fraction of sp³-hybridized carbons (Fsp3) is 0.304. The number of pyridine rings is 1. The highest BCUT2D eigenvalue weighted by molar-refractivity contribution is 6.34. The van der Waals surface area contributed by atoms with E-state index in [-0.39, 0.29) is 52.8 Å². The number of amides is 3. The molecule has 0 saturated carbocycles. The highest BCUT2D eigenvalue weighted by atomic mass is 35.5. The number of aromatic nitrogens is 1. The Labute approximate surface area is 221 Å². The van der Waals surface area contributed by atoms with Crippen LogP contribution < -0.4 is 20.3 Å². The van der Waals surface area contributed by atoms with Gasteiger partial charge in [-0.15, -0.1) is 0 Å². The molecule has 0 spiro atoms. The van der Waals surface area contributed by atoms with Crippen molar-refractivity contribution in [1.29, 1.82) is 0 Å². The number of hydrazine groups is 1. The maximum atomic E-state index is 14.7. The van der Waals surface area contributed by atoms with Gasteiger partial charge in [0.15, 0.2) is 11.6 Å². The maximum absolute atomic E-state index is 14.7. The second-order valence-electron chi connectivity index (χ2n) is 8.16. The van der Waals surface area contributed by atoms with E-state index in [1.54, 1.807) is 13.8 Å². The van der Waals surface area contributed by atoms with Crippen LogP contribution in [0.15, 0.2) is 36.9 Å². The van der Waals surface area contributed by atoms with Crippen LogP contribution in [-0.4, -0.2) is 64.5 Å². The number of ether oxygens (including phenoxy) is 3. The van der Waals surface area contributed by atoms with E-state index in [2.05, 4.69) is 22.4 Å². The van der Waals surface area contributed by atoms with Crippen LogP contribution in [0.3, 0.4) is 0 Å². The van der Waals surface area contributed by atoms with E-state index in [0.717, 1.165) is 17.0 Å². The van der Waals surface area contributed by atoms with Crippen LogP contribution in [0.25, 0.3) is 0 Å². The number of nitrogens with zero attached hydrogens (tertiary/aromatic N) is 2. The van der Waals surface area contributed by atoms with Crippen LogP contribution in [0.2, 0.25) is 10.2 Å². The fourth-order valence-electron chi connectivity index (χ4n) is 3.47. The van der Waals surface area contributed by atoms with Gasteiger partial charge in [-0.05, 0) is 26.0 Å². The quantitative estimate of drug-likeness (QED) is 0.254. The summed E-state index contributed by atoms with van der Waals surface area (Å²) in [6.07, 6.45) is 0.272. The normalized spacial score (nSPS) is 16.1. The van der Waals surface area contributed by atoms with Gasteiger partial charge >= 0.3 is 6.09 Å². The summed E-state index contributed by atoms with van der Waals surface area (Å²) in [5.41, 5.74) is 2.98. The SMILES string of the molecule is C=CCOc1cc(C(=O)NNC(=O)c2cc(F)c(OCC3COC(C)(C)N3C(=O)O)cc2Cl)cc(Cl)n1. The fourth-order valence-corrected chi connectivity index (χ4v) is 3.91. The Hall–Kier alpha value is -3.61. The Bertz CT molecular complexity index is 1230. The minimum atomic E-state index is -1.21. The zero-order valence-electron chi connectivity index (χ0n) is 19.7. The Morgan fingerprint density at radius 1 is 1.24 bits per heavy atom. The van der Waals surface area contributed by atoms with Crippen molar-refractivity contribution >= 4 is 41.1 Å². The highest BCUT2D eigenvalue weighted by Crippen LogP contribution is 2.30. The summed E-state index contributed by atoms with van der Waals surface area (Å²) >= 11 is 12.0. The number of nitrogens with one attached hydrogen (secondary N) is 2. The predicted octanol–water partition coefficient (Wildman–Crippen LogP) is 3.66. The third-order valence-electron chi connectivity index (χ3n) is 5.15. The van der Waals surface area contributed by atoms with Gasteiger partial charge in [0.05, 0.1) is 23.2 Å². The molecule has 1 aromatic carbocycles. The van der Waals surface area contributed by atoms with E-state index < -0.39 is 35.5 Å². The number of halogens is 3. The number of carbonyl (C=O) groups excluding carboxylic acids is 2. The van der Waals surface area contributed by atoms with E-state index in [9.17, 15) is 23.9 Å². The standard InChI is InChI=1S/C23H23Cl2FN4O7/c1-4-5-35-19-7-12(6-18(25)27-19)20(31)28-29-21(32)14-8-16(26)17(9-15(14)24)36-10-13-11-37-23(2,3)30(13)22(33)34/h4,6-9,13H,1,5,10-11H2,2-3H3,(H,28,31)(H,29,32)(H,33,34). The monoisotopic (exact) mass is 556 g/mol. The molecule has 1 aliphatic heterocycles. The van der Waals surface area contributed by atoms with Gasteiger partial charge in [-0.25, -0.2) is 14.2 Å². The lowest BCUT2D eigenvalue weighted by Gasteiger charge is -2.30. The van der Waals surface area contributed by atoms with Gasteiger partial charge in [0.2, 0.25) is 5.88 Å². The molecular weight excluding hydrogens is 534 g/mol. The van der Waals surface area contributed by atoms with E-state index in [4.69, 9.17) is 37.4 Å². The number of hydrogen-bond acceptors (Lipinski definition) is 7. The van der Waals surface area contributed by atoms with E-state index in [0.29, 0.717) is 0 Å². The first-order valence-corrected chi connectivity index (χ1v) is 11.5. The Morgan fingerprint density at radius 3 is 2.62 bits per heavy atom. The summed E-state index contributed by atoms with van der Waals surface area (Å²) in [6, 6.07) is 3.77. The molecule has 1 fully saturated rings.